The number of hydrogen-bond acceptors (Lipinski definition) is 2. The van der Waals surface area contributed by atoms with Crippen LogP contribution in [0.15, 0.2) is 12.1 Å². The van der Waals surface area contributed by atoms with Crippen LogP contribution < -0.4 is 0 Å². The molecule has 12 heavy (non-hydrogen) atoms. The summed E-state index contributed by atoms with van der Waals surface area (Å²) in [4.78, 5) is 0.312. The second-order valence-electron chi connectivity index (χ2n) is 2.11. The van der Waals surface area contributed by atoms with Crippen molar-refractivity contribution in [1.82, 2.24) is 0 Å². The standard InChI is InChI=1S/C8H6F2OS/c1-2-5(11)6-3-4-7(12-6)8(9)10/h1,3-5,8,11H. The monoisotopic (exact) mass is 188 g/mol. The first-order valence-corrected chi connectivity index (χ1v) is 3.98. The molecule has 0 aromatic carbocycles. The van der Waals surface area contributed by atoms with Gasteiger partial charge in [0.05, 0.1) is 4.88 Å². The Morgan fingerprint density at radius 1 is 1.42 bits per heavy atom. The SMILES string of the molecule is C#CC(O)c1ccc(C(F)F)s1. The van der Waals surface area contributed by atoms with Crippen LogP contribution in [0.3, 0.4) is 0 Å². The summed E-state index contributed by atoms with van der Waals surface area (Å²) in [6, 6.07) is 2.68. The summed E-state index contributed by atoms with van der Waals surface area (Å²) in [5.74, 6) is 2.05. The third-order valence-electron chi connectivity index (χ3n) is 1.29. The molecule has 64 valence electrons. The number of hydrogen-bond donors (Lipinski definition) is 1. The van der Waals surface area contributed by atoms with Crippen LogP contribution in [-0.2, 0) is 0 Å². The molecule has 4 heteroatoms. The Kier molecular flexibility index (Phi) is 2.79. The first-order valence-electron chi connectivity index (χ1n) is 3.17. The van der Waals surface area contributed by atoms with Crippen LogP contribution in [0.4, 0.5) is 8.78 Å². The fourth-order valence-corrected chi connectivity index (χ4v) is 1.53. The number of alkyl halides is 2. The summed E-state index contributed by atoms with van der Waals surface area (Å²) in [7, 11) is 0. The molecule has 0 radical (unpaired) electrons. The number of halogens is 2. The molecular formula is C8H6F2OS. The highest BCUT2D eigenvalue weighted by molar-refractivity contribution is 7.12. The second kappa shape index (κ2) is 3.65. The largest absolute Gasteiger partial charge is 0.375 e. The molecule has 0 spiro atoms. The fraction of sp³-hybridized carbons (Fsp3) is 0.250. The number of terminal acetylenes is 1. The van der Waals surface area contributed by atoms with E-state index in [0.717, 1.165) is 11.3 Å². The van der Waals surface area contributed by atoms with Crippen LogP contribution in [0, 0.1) is 12.3 Å². The Hall–Kier alpha value is -0.920. The summed E-state index contributed by atoms with van der Waals surface area (Å²) in [5, 5.41) is 9.05. The predicted octanol–water partition coefficient (Wildman–Crippen LogP) is 2.35. The van der Waals surface area contributed by atoms with Crippen LogP contribution in [0.5, 0.6) is 0 Å². The van der Waals surface area contributed by atoms with Crippen molar-refractivity contribution in [2.24, 2.45) is 0 Å². The van der Waals surface area contributed by atoms with Crippen LogP contribution in [0.25, 0.3) is 0 Å². The third-order valence-corrected chi connectivity index (χ3v) is 2.44. The van der Waals surface area contributed by atoms with Gasteiger partial charge in [-0.2, -0.15) is 0 Å². The van der Waals surface area contributed by atoms with Crippen molar-refractivity contribution >= 4 is 11.3 Å². The molecule has 0 saturated carbocycles. The van der Waals surface area contributed by atoms with Crippen molar-refractivity contribution < 1.29 is 13.9 Å². The van der Waals surface area contributed by atoms with Crippen molar-refractivity contribution in [2.45, 2.75) is 12.5 Å². The van der Waals surface area contributed by atoms with Gasteiger partial charge in [-0.1, -0.05) is 5.92 Å². The molecule has 1 aromatic heterocycles. The highest BCUT2D eigenvalue weighted by Gasteiger charge is 2.13. The minimum absolute atomic E-state index is 0.0701. The summed E-state index contributed by atoms with van der Waals surface area (Å²) >= 11 is 0.831. The minimum Gasteiger partial charge on any atom is -0.375 e. The van der Waals surface area contributed by atoms with Gasteiger partial charge in [-0.3, -0.25) is 0 Å². The number of aliphatic hydroxyl groups is 1. The van der Waals surface area contributed by atoms with E-state index in [-0.39, 0.29) is 4.88 Å². The summed E-state index contributed by atoms with van der Waals surface area (Å²) in [5.41, 5.74) is 0. The van der Waals surface area contributed by atoms with Gasteiger partial charge in [0.2, 0.25) is 0 Å². The molecular weight excluding hydrogens is 182 g/mol. The fourth-order valence-electron chi connectivity index (χ4n) is 0.715. The van der Waals surface area contributed by atoms with E-state index in [4.69, 9.17) is 11.5 Å². The molecule has 1 rings (SSSR count). The lowest BCUT2D eigenvalue weighted by molar-refractivity contribution is 0.155. The highest BCUT2D eigenvalue weighted by Crippen LogP contribution is 2.29. The van der Waals surface area contributed by atoms with E-state index in [9.17, 15) is 8.78 Å². The van der Waals surface area contributed by atoms with E-state index in [2.05, 4.69) is 5.92 Å². The predicted molar refractivity (Wildman–Crippen MR) is 43.1 cm³/mol. The number of thiophene rings is 1. The van der Waals surface area contributed by atoms with Crippen molar-refractivity contribution in [1.29, 1.82) is 0 Å². The molecule has 0 amide bonds. The molecule has 1 aromatic rings. The molecule has 0 aliphatic rings. The van der Waals surface area contributed by atoms with E-state index in [1.165, 1.54) is 12.1 Å². The quantitative estimate of drug-likeness (QED) is 0.706. The number of rotatable bonds is 2. The first-order chi connectivity index (χ1) is 5.65. The van der Waals surface area contributed by atoms with Crippen LogP contribution in [0.2, 0.25) is 0 Å². The van der Waals surface area contributed by atoms with Crippen molar-refractivity contribution in [3.05, 3.63) is 21.9 Å². The second-order valence-corrected chi connectivity index (χ2v) is 3.26. The minimum atomic E-state index is -2.49. The van der Waals surface area contributed by atoms with Crippen LogP contribution in [-0.4, -0.2) is 5.11 Å². The van der Waals surface area contributed by atoms with Crippen molar-refractivity contribution in [3.63, 3.8) is 0 Å². The summed E-state index contributed by atoms with van der Waals surface area (Å²) in [6.45, 7) is 0. The normalized spacial score (nSPS) is 12.9. The van der Waals surface area contributed by atoms with E-state index >= 15 is 0 Å². The molecule has 0 aliphatic heterocycles. The molecule has 0 aliphatic carbocycles. The van der Waals surface area contributed by atoms with Gasteiger partial charge in [0.25, 0.3) is 6.43 Å². The van der Waals surface area contributed by atoms with Gasteiger partial charge >= 0.3 is 0 Å². The van der Waals surface area contributed by atoms with Crippen LogP contribution in [0.1, 0.15) is 22.3 Å². The zero-order valence-corrected chi connectivity index (χ0v) is 6.81. The molecule has 0 fully saturated rings. The Morgan fingerprint density at radius 3 is 2.42 bits per heavy atom. The molecule has 0 bridgehead atoms. The van der Waals surface area contributed by atoms with Crippen LogP contribution >= 0.6 is 11.3 Å². The Bertz CT molecular complexity index is 300. The number of aliphatic hydroxyl groups excluding tert-OH is 1. The van der Waals surface area contributed by atoms with Gasteiger partial charge in [-0.25, -0.2) is 8.78 Å². The average molecular weight is 188 g/mol. The Morgan fingerprint density at radius 2 is 2.00 bits per heavy atom. The zero-order chi connectivity index (χ0) is 9.14. The lowest BCUT2D eigenvalue weighted by atomic mass is 10.3. The topological polar surface area (TPSA) is 20.2 Å². The van der Waals surface area contributed by atoms with Gasteiger partial charge in [0.15, 0.2) is 0 Å². The van der Waals surface area contributed by atoms with Crippen molar-refractivity contribution in [2.75, 3.05) is 0 Å². The highest BCUT2D eigenvalue weighted by atomic mass is 32.1. The van der Waals surface area contributed by atoms with Gasteiger partial charge in [-0.15, -0.1) is 17.8 Å². The maximum absolute atomic E-state index is 12.0. The summed E-state index contributed by atoms with van der Waals surface area (Å²) < 4.78 is 24.0. The molecule has 1 atom stereocenters. The van der Waals surface area contributed by atoms with E-state index in [1.54, 1.807) is 0 Å². The maximum Gasteiger partial charge on any atom is 0.272 e. The Balaban J connectivity index is 2.86. The molecule has 1 unspecified atom stereocenters. The molecule has 1 nitrogen and oxygen atoms in total. The van der Waals surface area contributed by atoms with Gasteiger partial charge < -0.3 is 5.11 Å². The molecule has 1 heterocycles. The Labute approximate surface area is 72.7 Å². The average Bonchev–Trinajstić information content (AvgIpc) is 2.51. The van der Waals surface area contributed by atoms with E-state index in [1.807, 2.05) is 0 Å². The summed E-state index contributed by atoms with van der Waals surface area (Å²) in [6.07, 6.45) is 1.35. The molecule has 0 saturated heterocycles. The van der Waals surface area contributed by atoms with E-state index < -0.39 is 12.5 Å². The van der Waals surface area contributed by atoms with Gasteiger partial charge in [0, 0.05) is 4.88 Å². The lowest BCUT2D eigenvalue weighted by Gasteiger charge is -1.96. The smallest absolute Gasteiger partial charge is 0.272 e. The maximum atomic E-state index is 12.0. The lowest BCUT2D eigenvalue weighted by Crippen LogP contribution is -1.87. The first kappa shape index (κ1) is 9.17. The zero-order valence-electron chi connectivity index (χ0n) is 6.00. The van der Waals surface area contributed by atoms with Gasteiger partial charge in [-0.05, 0) is 12.1 Å². The van der Waals surface area contributed by atoms with Gasteiger partial charge in [0.1, 0.15) is 6.10 Å². The third kappa shape index (κ3) is 1.81. The molecule has 1 N–H and O–H groups in total. The van der Waals surface area contributed by atoms with Crippen molar-refractivity contribution in [3.8, 4) is 12.3 Å². The van der Waals surface area contributed by atoms with E-state index in [0.29, 0.717) is 4.88 Å².